The predicted octanol–water partition coefficient (Wildman–Crippen LogP) is 2.17. The zero-order valence-corrected chi connectivity index (χ0v) is 13.0. The fourth-order valence-corrected chi connectivity index (χ4v) is 3.64. The summed E-state index contributed by atoms with van der Waals surface area (Å²) in [6.07, 6.45) is 4.60. The van der Waals surface area contributed by atoms with E-state index in [1.165, 1.54) is 14.2 Å². The summed E-state index contributed by atoms with van der Waals surface area (Å²) in [5.74, 6) is -1.41. The molecule has 0 aliphatic heterocycles. The van der Waals surface area contributed by atoms with Gasteiger partial charge in [0.15, 0.2) is 0 Å². The Morgan fingerprint density at radius 1 is 1.13 bits per heavy atom. The van der Waals surface area contributed by atoms with Crippen molar-refractivity contribution >= 4 is 17.6 Å². The molecule has 2 aliphatic carbocycles. The molecule has 0 spiro atoms. The van der Waals surface area contributed by atoms with Gasteiger partial charge in [-0.3, -0.25) is 9.59 Å². The standard InChI is InChI=1S/C17H19NO5/c1-22-11-5-6-13(23-2)12(8-11)18-16(19)14-9-3-4-10(7-9)15(14)17(20)21/h3-6,8-10,14-15H,7H2,1-2H3,(H,18,19)(H,20,21)/t9-,10-,14+,15+/m0/s1. The Bertz CT molecular complexity index is 669. The van der Waals surface area contributed by atoms with Gasteiger partial charge in [-0.05, 0) is 30.4 Å². The molecule has 6 heteroatoms. The first-order valence-electron chi connectivity index (χ1n) is 7.49. The summed E-state index contributed by atoms with van der Waals surface area (Å²) in [6.45, 7) is 0. The van der Waals surface area contributed by atoms with Crippen LogP contribution in [0.1, 0.15) is 6.42 Å². The largest absolute Gasteiger partial charge is 0.497 e. The normalized spacial score (nSPS) is 27.7. The number of ether oxygens (including phenoxy) is 2. The molecule has 1 aromatic rings. The first-order valence-corrected chi connectivity index (χ1v) is 7.49. The van der Waals surface area contributed by atoms with Gasteiger partial charge in [-0.25, -0.2) is 0 Å². The van der Waals surface area contributed by atoms with Gasteiger partial charge in [0.25, 0.3) is 0 Å². The first-order chi connectivity index (χ1) is 11.0. The predicted molar refractivity (Wildman–Crippen MR) is 83.5 cm³/mol. The van der Waals surface area contributed by atoms with Crippen molar-refractivity contribution in [1.82, 2.24) is 0 Å². The van der Waals surface area contributed by atoms with Crippen LogP contribution in [0.5, 0.6) is 11.5 Å². The van der Waals surface area contributed by atoms with Crippen LogP contribution in [0.2, 0.25) is 0 Å². The molecule has 4 atom stereocenters. The summed E-state index contributed by atoms with van der Waals surface area (Å²) in [5.41, 5.74) is 0.479. The number of carboxylic acids is 1. The highest BCUT2D eigenvalue weighted by atomic mass is 16.5. The molecular formula is C17H19NO5. The number of hydrogen-bond donors (Lipinski definition) is 2. The van der Waals surface area contributed by atoms with E-state index < -0.39 is 17.8 Å². The van der Waals surface area contributed by atoms with Crippen LogP contribution < -0.4 is 14.8 Å². The van der Waals surface area contributed by atoms with Crippen LogP contribution in [0.3, 0.4) is 0 Å². The highest BCUT2D eigenvalue weighted by Crippen LogP contribution is 2.48. The Kier molecular flexibility index (Phi) is 3.98. The Labute approximate surface area is 134 Å². The van der Waals surface area contributed by atoms with E-state index >= 15 is 0 Å². The third-order valence-corrected chi connectivity index (χ3v) is 4.71. The zero-order chi connectivity index (χ0) is 16.6. The second kappa shape index (κ2) is 5.95. The smallest absolute Gasteiger partial charge is 0.307 e. The second-order valence-corrected chi connectivity index (χ2v) is 5.89. The van der Waals surface area contributed by atoms with Crippen LogP contribution in [-0.4, -0.2) is 31.2 Å². The van der Waals surface area contributed by atoms with E-state index in [2.05, 4.69) is 5.32 Å². The van der Waals surface area contributed by atoms with Crippen molar-refractivity contribution in [2.24, 2.45) is 23.7 Å². The van der Waals surface area contributed by atoms with Gasteiger partial charge in [0.2, 0.25) is 5.91 Å². The van der Waals surface area contributed by atoms with Crippen LogP contribution in [-0.2, 0) is 9.59 Å². The number of fused-ring (bicyclic) bond motifs is 2. The van der Waals surface area contributed by atoms with Gasteiger partial charge >= 0.3 is 5.97 Å². The van der Waals surface area contributed by atoms with Crippen molar-refractivity contribution in [3.8, 4) is 11.5 Å². The lowest BCUT2D eigenvalue weighted by molar-refractivity contribution is -0.146. The second-order valence-electron chi connectivity index (χ2n) is 5.89. The lowest BCUT2D eigenvalue weighted by atomic mass is 9.82. The van der Waals surface area contributed by atoms with E-state index in [9.17, 15) is 14.7 Å². The van der Waals surface area contributed by atoms with Gasteiger partial charge in [0, 0.05) is 6.07 Å². The molecule has 3 rings (SSSR count). The van der Waals surface area contributed by atoms with Crippen molar-refractivity contribution in [2.75, 3.05) is 19.5 Å². The molecule has 1 amide bonds. The molecule has 0 aromatic heterocycles. The van der Waals surface area contributed by atoms with E-state index in [-0.39, 0.29) is 17.7 Å². The van der Waals surface area contributed by atoms with E-state index in [1.54, 1.807) is 18.2 Å². The zero-order valence-electron chi connectivity index (χ0n) is 13.0. The molecule has 1 aromatic carbocycles. The summed E-state index contributed by atoms with van der Waals surface area (Å²) in [6, 6.07) is 5.09. The Morgan fingerprint density at radius 3 is 2.43 bits per heavy atom. The summed E-state index contributed by atoms with van der Waals surface area (Å²) < 4.78 is 10.4. The van der Waals surface area contributed by atoms with Gasteiger partial charge < -0.3 is 19.9 Å². The number of carbonyl (C=O) groups is 2. The Balaban J connectivity index is 1.84. The minimum Gasteiger partial charge on any atom is -0.497 e. The number of nitrogens with one attached hydrogen (secondary N) is 1. The lowest BCUT2D eigenvalue weighted by Crippen LogP contribution is -2.36. The highest BCUT2D eigenvalue weighted by molar-refractivity contribution is 5.97. The Morgan fingerprint density at radius 2 is 1.83 bits per heavy atom. The number of anilines is 1. The summed E-state index contributed by atoms with van der Waals surface area (Å²) in [7, 11) is 3.05. The molecule has 2 aliphatic rings. The maximum Gasteiger partial charge on any atom is 0.307 e. The number of allylic oxidation sites excluding steroid dienone is 2. The summed E-state index contributed by atoms with van der Waals surface area (Å²) >= 11 is 0. The average Bonchev–Trinajstić information content (AvgIpc) is 3.15. The molecule has 2 N–H and O–H groups in total. The quantitative estimate of drug-likeness (QED) is 0.813. The number of carboxylic acid groups (broad SMARTS) is 1. The van der Waals surface area contributed by atoms with Crippen molar-refractivity contribution < 1.29 is 24.2 Å². The number of carbonyl (C=O) groups excluding carboxylic acids is 1. The van der Waals surface area contributed by atoms with Crippen molar-refractivity contribution in [2.45, 2.75) is 6.42 Å². The van der Waals surface area contributed by atoms with E-state index in [4.69, 9.17) is 9.47 Å². The van der Waals surface area contributed by atoms with Gasteiger partial charge in [-0.2, -0.15) is 0 Å². The third-order valence-electron chi connectivity index (χ3n) is 4.71. The molecule has 0 saturated heterocycles. The maximum atomic E-state index is 12.7. The fraction of sp³-hybridized carbons (Fsp3) is 0.412. The molecule has 1 fully saturated rings. The molecule has 0 unspecified atom stereocenters. The van der Waals surface area contributed by atoms with Gasteiger partial charge in [-0.1, -0.05) is 12.2 Å². The maximum absolute atomic E-state index is 12.7. The van der Waals surface area contributed by atoms with Gasteiger partial charge in [0.05, 0.1) is 31.7 Å². The van der Waals surface area contributed by atoms with Crippen LogP contribution in [0.25, 0.3) is 0 Å². The number of hydrogen-bond acceptors (Lipinski definition) is 4. The van der Waals surface area contributed by atoms with Crippen LogP contribution in [0.4, 0.5) is 5.69 Å². The minimum atomic E-state index is -0.917. The summed E-state index contributed by atoms with van der Waals surface area (Å²) in [4.78, 5) is 24.2. The van der Waals surface area contributed by atoms with E-state index in [1.807, 2.05) is 12.2 Å². The third kappa shape index (κ3) is 2.65. The van der Waals surface area contributed by atoms with Crippen LogP contribution in [0.15, 0.2) is 30.4 Å². The average molecular weight is 317 g/mol. The SMILES string of the molecule is COc1ccc(OC)c(NC(=O)[C@H]2[C@H](C(=O)O)[C@H]3C=C[C@H]2C3)c1. The van der Waals surface area contributed by atoms with Gasteiger partial charge in [-0.15, -0.1) is 0 Å². The fourth-order valence-electron chi connectivity index (χ4n) is 3.64. The molecule has 23 heavy (non-hydrogen) atoms. The molecule has 0 radical (unpaired) electrons. The lowest BCUT2D eigenvalue weighted by Gasteiger charge is -2.24. The summed E-state index contributed by atoms with van der Waals surface area (Å²) in [5, 5.41) is 12.3. The van der Waals surface area contributed by atoms with Crippen LogP contribution >= 0.6 is 0 Å². The molecule has 122 valence electrons. The van der Waals surface area contributed by atoms with Gasteiger partial charge in [0.1, 0.15) is 11.5 Å². The molecule has 2 bridgehead atoms. The number of benzene rings is 1. The molecule has 0 heterocycles. The monoisotopic (exact) mass is 317 g/mol. The van der Waals surface area contributed by atoms with Crippen molar-refractivity contribution in [1.29, 1.82) is 0 Å². The molecular weight excluding hydrogens is 298 g/mol. The first kappa shape index (κ1) is 15.4. The number of amides is 1. The van der Waals surface area contributed by atoms with Crippen LogP contribution in [0, 0.1) is 23.7 Å². The van der Waals surface area contributed by atoms with Crippen molar-refractivity contribution in [3.63, 3.8) is 0 Å². The minimum absolute atomic E-state index is 0.0160. The number of aliphatic carboxylic acids is 1. The topological polar surface area (TPSA) is 84.9 Å². The molecule has 1 saturated carbocycles. The van der Waals surface area contributed by atoms with E-state index in [0.29, 0.717) is 17.2 Å². The van der Waals surface area contributed by atoms with E-state index in [0.717, 1.165) is 6.42 Å². The number of rotatable bonds is 5. The number of methoxy groups -OCH3 is 2. The highest BCUT2D eigenvalue weighted by Gasteiger charge is 2.51. The molecule has 6 nitrogen and oxygen atoms in total. The van der Waals surface area contributed by atoms with Crippen molar-refractivity contribution in [3.05, 3.63) is 30.4 Å². The Hall–Kier alpha value is -2.50.